The lowest BCUT2D eigenvalue weighted by atomic mass is 10.0. The molecule has 0 aliphatic carbocycles. The summed E-state index contributed by atoms with van der Waals surface area (Å²) < 4.78 is 13.5. The number of ether oxygens (including phenoxy) is 2. The molecular weight excluding hydrogens is 348 g/mol. The second-order valence-corrected chi connectivity index (χ2v) is 6.91. The topological polar surface area (TPSA) is 35.2 Å². The van der Waals surface area contributed by atoms with Crippen molar-refractivity contribution in [1.29, 1.82) is 0 Å². The Morgan fingerprint density at radius 3 is 2.50 bits per heavy atom. The van der Waals surface area contributed by atoms with Crippen molar-refractivity contribution >= 4 is 10.8 Å². The van der Waals surface area contributed by atoms with E-state index in [1.54, 1.807) is 7.11 Å². The molecule has 3 aromatic carbocycles. The monoisotopic (exact) mass is 371 g/mol. The number of aryl methyl sites for hydroxylation is 2. The van der Waals surface area contributed by atoms with Gasteiger partial charge in [-0.25, -0.2) is 0 Å². The van der Waals surface area contributed by atoms with Crippen LogP contribution in [0.3, 0.4) is 0 Å². The van der Waals surface area contributed by atoms with Gasteiger partial charge in [-0.2, -0.15) is 0 Å². The summed E-state index contributed by atoms with van der Waals surface area (Å²) in [7, 11) is 3.62. The molecule has 0 N–H and O–H groups in total. The third-order valence-corrected chi connectivity index (χ3v) is 4.72. The normalized spacial score (nSPS) is 10.8. The molecule has 1 aromatic heterocycles. The van der Waals surface area contributed by atoms with Gasteiger partial charge in [-0.1, -0.05) is 46.6 Å². The number of hydrogen-bond acceptors (Lipinski definition) is 3. The average molecular weight is 371 g/mol. The molecule has 0 aliphatic rings. The van der Waals surface area contributed by atoms with Crippen molar-refractivity contribution in [1.82, 2.24) is 5.10 Å². The van der Waals surface area contributed by atoms with Crippen molar-refractivity contribution < 1.29 is 14.2 Å². The predicted molar refractivity (Wildman–Crippen MR) is 110 cm³/mol. The summed E-state index contributed by atoms with van der Waals surface area (Å²) in [6, 6.07) is 22.3. The van der Waals surface area contributed by atoms with E-state index in [1.807, 2.05) is 66.5 Å². The van der Waals surface area contributed by atoms with Gasteiger partial charge in [0.15, 0.2) is 18.5 Å². The minimum Gasteiger partial charge on any atom is -0.493 e. The molecule has 4 nitrogen and oxygen atoms in total. The molecule has 28 heavy (non-hydrogen) atoms. The van der Waals surface area contributed by atoms with E-state index >= 15 is 0 Å². The highest BCUT2D eigenvalue weighted by atomic mass is 16.5. The quantitative estimate of drug-likeness (QED) is 0.475. The van der Waals surface area contributed by atoms with Crippen LogP contribution in [0.15, 0.2) is 72.9 Å². The maximum Gasteiger partial charge on any atom is 0.203 e. The van der Waals surface area contributed by atoms with Crippen LogP contribution in [0.2, 0.25) is 0 Å². The summed E-state index contributed by atoms with van der Waals surface area (Å²) in [6.07, 6.45) is 2.76. The highest BCUT2D eigenvalue weighted by molar-refractivity contribution is 5.83. The zero-order valence-corrected chi connectivity index (χ0v) is 16.3. The van der Waals surface area contributed by atoms with Gasteiger partial charge in [-0.15, -0.1) is 0 Å². The first-order valence-electron chi connectivity index (χ1n) is 9.28. The summed E-state index contributed by atoms with van der Waals surface area (Å²) >= 11 is 0. The van der Waals surface area contributed by atoms with Gasteiger partial charge in [0.1, 0.15) is 11.4 Å². The van der Waals surface area contributed by atoms with Gasteiger partial charge in [0, 0.05) is 17.2 Å². The molecule has 0 atom stereocenters. The largest absolute Gasteiger partial charge is 0.493 e. The van der Waals surface area contributed by atoms with Crippen LogP contribution in [0, 0.1) is 6.92 Å². The fraction of sp³-hybridized carbons (Fsp3) is 0.167. The van der Waals surface area contributed by atoms with E-state index < -0.39 is 0 Å². The molecule has 4 rings (SSSR count). The number of nitrogens with zero attached hydrogens (tertiary/aromatic N) is 2. The molecule has 0 amide bonds. The van der Waals surface area contributed by atoms with Crippen LogP contribution in [0.25, 0.3) is 10.8 Å². The molecule has 1 heterocycles. The van der Waals surface area contributed by atoms with E-state index in [2.05, 4.69) is 25.1 Å². The van der Waals surface area contributed by atoms with Gasteiger partial charge in [-0.3, -0.25) is 0 Å². The van der Waals surface area contributed by atoms with E-state index in [-0.39, 0.29) is 0 Å². The molecule has 4 heteroatoms. The molecule has 0 saturated carbocycles. The van der Waals surface area contributed by atoms with Crippen molar-refractivity contribution in [2.75, 3.05) is 7.11 Å². The number of fused-ring (bicyclic) bond motifs is 1. The lowest BCUT2D eigenvalue weighted by molar-refractivity contribution is -0.730. The van der Waals surface area contributed by atoms with Gasteiger partial charge >= 0.3 is 0 Å². The Bertz CT molecular complexity index is 1120. The zero-order chi connectivity index (χ0) is 19.5. The van der Waals surface area contributed by atoms with Gasteiger partial charge in [0.05, 0.1) is 7.11 Å². The first kappa shape index (κ1) is 18.0. The zero-order valence-electron chi connectivity index (χ0n) is 16.3. The van der Waals surface area contributed by atoms with Crippen molar-refractivity contribution in [3.05, 3.63) is 89.7 Å². The summed E-state index contributed by atoms with van der Waals surface area (Å²) in [5.41, 5.74) is 3.36. The first-order chi connectivity index (χ1) is 13.6. The predicted octanol–water partition coefficient (Wildman–Crippen LogP) is 4.76. The van der Waals surface area contributed by atoms with E-state index in [0.717, 1.165) is 23.4 Å². The molecule has 0 aliphatic heterocycles. The smallest absolute Gasteiger partial charge is 0.203 e. The van der Waals surface area contributed by atoms with E-state index in [4.69, 9.17) is 14.6 Å². The fourth-order valence-corrected chi connectivity index (χ4v) is 3.31. The maximum absolute atomic E-state index is 6.01. The van der Waals surface area contributed by atoms with Crippen LogP contribution in [0.4, 0.5) is 0 Å². The number of methoxy groups -OCH3 is 1. The highest BCUT2D eigenvalue weighted by Crippen LogP contribution is 2.33. The second kappa shape index (κ2) is 7.69. The summed E-state index contributed by atoms with van der Waals surface area (Å²) in [6.45, 7) is 2.06. The molecule has 0 fully saturated rings. The molecule has 0 spiro atoms. The molecule has 0 saturated heterocycles. The van der Waals surface area contributed by atoms with Crippen LogP contribution >= 0.6 is 0 Å². The molecule has 140 valence electrons. The van der Waals surface area contributed by atoms with Crippen molar-refractivity contribution in [2.24, 2.45) is 7.05 Å². The summed E-state index contributed by atoms with van der Waals surface area (Å²) in [4.78, 5) is 0. The lowest BCUT2D eigenvalue weighted by Gasteiger charge is -2.12. The van der Waals surface area contributed by atoms with Crippen LogP contribution in [-0.2, 0) is 13.5 Å². The Hall–Kier alpha value is -3.40. The SMILES string of the molecule is COc1cc(Cc2n[n+](C)cc3ccccc23)ccc1Oc1ccc(C)cc1. The lowest BCUT2D eigenvalue weighted by Crippen LogP contribution is -2.33. The minimum atomic E-state index is 0.700. The molecule has 0 radical (unpaired) electrons. The Kier molecular flexibility index (Phi) is 4.94. The summed E-state index contributed by atoms with van der Waals surface area (Å²) in [5, 5.41) is 7.04. The molecular formula is C24H23N2O2+. The minimum absolute atomic E-state index is 0.700. The maximum atomic E-state index is 6.01. The third-order valence-electron chi connectivity index (χ3n) is 4.72. The fourth-order valence-electron chi connectivity index (χ4n) is 3.31. The van der Waals surface area contributed by atoms with E-state index in [9.17, 15) is 0 Å². The molecule has 0 bridgehead atoms. The second-order valence-electron chi connectivity index (χ2n) is 6.91. The van der Waals surface area contributed by atoms with Crippen molar-refractivity contribution in [3.63, 3.8) is 0 Å². The average Bonchev–Trinajstić information content (AvgIpc) is 2.70. The molecule has 0 unspecified atom stereocenters. The van der Waals surface area contributed by atoms with Gasteiger partial charge in [0.25, 0.3) is 0 Å². The van der Waals surface area contributed by atoms with Crippen LogP contribution in [0.1, 0.15) is 16.8 Å². The van der Waals surface area contributed by atoms with E-state index in [0.29, 0.717) is 11.5 Å². The Balaban J connectivity index is 1.64. The number of benzene rings is 3. The third kappa shape index (κ3) is 3.81. The van der Waals surface area contributed by atoms with E-state index in [1.165, 1.54) is 16.3 Å². The van der Waals surface area contributed by atoms with Gasteiger partial charge < -0.3 is 9.47 Å². The van der Waals surface area contributed by atoms with Crippen LogP contribution in [-0.4, -0.2) is 12.2 Å². The number of rotatable bonds is 5. The van der Waals surface area contributed by atoms with Gasteiger partial charge in [-0.05, 0) is 47.9 Å². The highest BCUT2D eigenvalue weighted by Gasteiger charge is 2.13. The van der Waals surface area contributed by atoms with Crippen LogP contribution in [0.5, 0.6) is 17.2 Å². The number of aromatic nitrogens is 2. The Morgan fingerprint density at radius 1 is 0.929 bits per heavy atom. The first-order valence-corrected chi connectivity index (χ1v) is 9.28. The number of hydrogen-bond donors (Lipinski definition) is 0. The molecule has 4 aromatic rings. The van der Waals surface area contributed by atoms with Crippen molar-refractivity contribution in [2.45, 2.75) is 13.3 Å². The van der Waals surface area contributed by atoms with Crippen LogP contribution < -0.4 is 14.2 Å². The standard InChI is InChI=1S/C24H23N2O2/c1-17-8-11-20(12-9-17)28-23-13-10-18(15-24(23)27-3)14-22-21-7-5-4-6-19(21)16-26(2)25-22/h4-13,15-16H,14H2,1-3H3/q+1. The van der Waals surface area contributed by atoms with Crippen molar-refractivity contribution in [3.8, 4) is 17.2 Å². The Morgan fingerprint density at radius 2 is 1.71 bits per heavy atom. The Labute approximate surface area is 165 Å². The summed E-state index contributed by atoms with van der Waals surface area (Å²) in [5.74, 6) is 2.20. The van der Waals surface area contributed by atoms with Gasteiger partial charge in [0.2, 0.25) is 6.20 Å².